The number of rotatable bonds is 3. The zero-order valence-electron chi connectivity index (χ0n) is 10.3. The number of benzene rings is 1. The van der Waals surface area contributed by atoms with Gasteiger partial charge in [-0.3, -0.25) is 4.40 Å². The Morgan fingerprint density at radius 2 is 1.95 bits per heavy atom. The number of fused-ring (bicyclic) bond motifs is 1. The van der Waals surface area contributed by atoms with Crippen LogP contribution in [-0.2, 0) is 13.0 Å². The van der Waals surface area contributed by atoms with E-state index in [0.717, 1.165) is 11.2 Å². The van der Waals surface area contributed by atoms with E-state index in [4.69, 9.17) is 5.73 Å². The average molecular weight is 256 g/mol. The number of nitrogens with two attached hydrogens (primary N) is 1. The fourth-order valence-corrected chi connectivity index (χ4v) is 2.04. The van der Waals surface area contributed by atoms with E-state index < -0.39 is 0 Å². The molecular weight excluding hydrogens is 243 g/mol. The topological polar surface area (TPSA) is 56.2 Å². The third-order valence-corrected chi connectivity index (χ3v) is 3.08. The van der Waals surface area contributed by atoms with Gasteiger partial charge in [-0.2, -0.15) is 0 Å². The van der Waals surface area contributed by atoms with Gasteiger partial charge < -0.3 is 5.73 Å². The van der Waals surface area contributed by atoms with Crippen LogP contribution in [0.2, 0.25) is 0 Å². The lowest BCUT2D eigenvalue weighted by atomic mass is 10.1. The van der Waals surface area contributed by atoms with Gasteiger partial charge in [0.1, 0.15) is 11.6 Å². The van der Waals surface area contributed by atoms with Crippen molar-refractivity contribution >= 4 is 5.65 Å². The van der Waals surface area contributed by atoms with Crippen LogP contribution in [0.5, 0.6) is 0 Å². The molecule has 19 heavy (non-hydrogen) atoms. The lowest BCUT2D eigenvalue weighted by Gasteiger charge is -2.03. The predicted octanol–water partition coefficient (Wildman–Crippen LogP) is 1.92. The molecule has 5 heteroatoms. The molecule has 2 aromatic heterocycles. The fourth-order valence-electron chi connectivity index (χ4n) is 2.04. The second kappa shape index (κ2) is 4.78. The maximum atomic E-state index is 13.6. The van der Waals surface area contributed by atoms with Gasteiger partial charge in [-0.25, -0.2) is 4.39 Å². The van der Waals surface area contributed by atoms with E-state index >= 15 is 0 Å². The molecule has 2 heterocycles. The molecule has 3 rings (SSSR count). The summed E-state index contributed by atoms with van der Waals surface area (Å²) in [5.74, 6) is 0.477. The smallest absolute Gasteiger partial charge is 0.160 e. The molecule has 1 aromatic carbocycles. The van der Waals surface area contributed by atoms with Gasteiger partial charge in [-0.15, -0.1) is 10.2 Å². The van der Waals surface area contributed by atoms with Gasteiger partial charge in [-0.05, 0) is 23.3 Å². The minimum Gasteiger partial charge on any atom is -0.326 e. The molecule has 0 amide bonds. The quantitative estimate of drug-likeness (QED) is 0.779. The van der Waals surface area contributed by atoms with Gasteiger partial charge in [-0.1, -0.05) is 24.3 Å². The summed E-state index contributed by atoms with van der Waals surface area (Å²) in [5, 5.41) is 8.18. The highest BCUT2D eigenvalue weighted by Gasteiger charge is 2.09. The van der Waals surface area contributed by atoms with Gasteiger partial charge in [0.15, 0.2) is 5.65 Å². The van der Waals surface area contributed by atoms with Crippen LogP contribution in [0.15, 0.2) is 42.6 Å². The van der Waals surface area contributed by atoms with Crippen LogP contribution in [-0.4, -0.2) is 14.6 Å². The normalized spacial score (nSPS) is 11.1. The van der Waals surface area contributed by atoms with Crippen molar-refractivity contribution in [1.29, 1.82) is 0 Å². The molecule has 0 bridgehead atoms. The third kappa shape index (κ3) is 2.20. The summed E-state index contributed by atoms with van der Waals surface area (Å²) in [6.07, 6.45) is 2.30. The highest BCUT2D eigenvalue weighted by Crippen LogP contribution is 2.13. The molecule has 96 valence electrons. The Hall–Kier alpha value is -2.27. The van der Waals surface area contributed by atoms with E-state index in [2.05, 4.69) is 10.2 Å². The Labute approximate surface area is 109 Å². The van der Waals surface area contributed by atoms with Crippen molar-refractivity contribution in [2.75, 3.05) is 0 Å². The second-order valence-electron chi connectivity index (χ2n) is 4.35. The summed E-state index contributed by atoms with van der Waals surface area (Å²) >= 11 is 0. The monoisotopic (exact) mass is 256 g/mol. The molecule has 2 N–H and O–H groups in total. The lowest BCUT2D eigenvalue weighted by Crippen LogP contribution is -2.02. The molecule has 0 atom stereocenters. The minimum atomic E-state index is -0.228. The van der Waals surface area contributed by atoms with Crippen LogP contribution in [0.25, 0.3) is 5.65 Å². The maximum absolute atomic E-state index is 13.6. The van der Waals surface area contributed by atoms with Crippen LogP contribution in [0.4, 0.5) is 4.39 Å². The van der Waals surface area contributed by atoms with Gasteiger partial charge in [0, 0.05) is 19.2 Å². The maximum Gasteiger partial charge on any atom is 0.160 e. The Morgan fingerprint density at radius 1 is 1.11 bits per heavy atom. The number of aromatic nitrogens is 3. The molecule has 3 aromatic rings. The second-order valence-corrected chi connectivity index (χ2v) is 4.35. The van der Waals surface area contributed by atoms with Crippen molar-refractivity contribution in [1.82, 2.24) is 14.6 Å². The molecular formula is C14H13FN4. The fraction of sp³-hybridized carbons (Fsp3) is 0.143. The van der Waals surface area contributed by atoms with Gasteiger partial charge in [0.2, 0.25) is 0 Å². The number of nitrogens with zero attached hydrogens (tertiary/aromatic N) is 3. The van der Waals surface area contributed by atoms with Gasteiger partial charge in [0.05, 0.1) is 0 Å². The first kappa shape index (κ1) is 11.8. The van der Waals surface area contributed by atoms with E-state index in [0.29, 0.717) is 24.4 Å². The summed E-state index contributed by atoms with van der Waals surface area (Å²) in [6.45, 7) is 0.452. The van der Waals surface area contributed by atoms with E-state index in [1.165, 1.54) is 6.07 Å². The SMILES string of the molecule is NCc1ccc2nnc(Cc3ccccc3F)n2c1. The van der Waals surface area contributed by atoms with Crippen molar-refractivity contribution in [2.24, 2.45) is 5.73 Å². The minimum absolute atomic E-state index is 0.228. The number of hydrogen-bond acceptors (Lipinski definition) is 3. The summed E-state index contributed by atoms with van der Waals surface area (Å²) in [4.78, 5) is 0. The summed E-state index contributed by atoms with van der Waals surface area (Å²) in [5.41, 5.74) is 7.96. The molecule has 0 aliphatic rings. The van der Waals surface area contributed by atoms with E-state index in [-0.39, 0.29) is 5.82 Å². The molecule has 0 fully saturated rings. The van der Waals surface area contributed by atoms with Crippen LogP contribution in [0, 0.1) is 5.82 Å². The molecule has 4 nitrogen and oxygen atoms in total. The Morgan fingerprint density at radius 3 is 2.74 bits per heavy atom. The van der Waals surface area contributed by atoms with Gasteiger partial charge in [0.25, 0.3) is 0 Å². The zero-order chi connectivity index (χ0) is 13.2. The Bertz CT molecular complexity index is 720. The Balaban J connectivity index is 2.03. The van der Waals surface area contributed by atoms with Crippen LogP contribution in [0.1, 0.15) is 17.0 Å². The van der Waals surface area contributed by atoms with Crippen molar-refractivity contribution in [3.05, 3.63) is 65.4 Å². The summed E-state index contributed by atoms with van der Waals surface area (Å²) in [7, 11) is 0. The first-order chi connectivity index (χ1) is 9.28. The molecule has 0 radical (unpaired) electrons. The zero-order valence-corrected chi connectivity index (χ0v) is 10.3. The Kier molecular flexibility index (Phi) is 2.97. The summed E-state index contributed by atoms with van der Waals surface area (Å²) < 4.78 is 15.5. The van der Waals surface area contributed by atoms with E-state index in [9.17, 15) is 4.39 Å². The average Bonchev–Trinajstić information content (AvgIpc) is 2.84. The highest BCUT2D eigenvalue weighted by atomic mass is 19.1. The van der Waals surface area contributed by atoms with Crippen molar-refractivity contribution in [3.63, 3.8) is 0 Å². The molecule has 0 unspecified atom stereocenters. The number of hydrogen-bond donors (Lipinski definition) is 1. The lowest BCUT2D eigenvalue weighted by molar-refractivity contribution is 0.611. The largest absolute Gasteiger partial charge is 0.326 e. The van der Waals surface area contributed by atoms with Crippen molar-refractivity contribution in [2.45, 2.75) is 13.0 Å². The standard InChI is InChI=1S/C14H13FN4/c15-12-4-2-1-3-11(12)7-14-18-17-13-6-5-10(8-16)9-19(13)14/h1-6,9H,7-8,16H2. The van der Waals surface area contributed by atoms with E-state index in [1.54, 1.807) is 12.1 Å². The number of halogens is 1. The molecule has 0 saturated carbocycles. The van der Waals surface area contributed by atoms with Crippen LogP contribution < -0.4 is 5.73 Å². The first-order valence-electron chi connectivity index (χ1n) is 6.04. The van der Waals surface area contributed by atoms with Crippen molar-refractivity contribution in [3.8, 4) is 0 Å². The van der Waals surface area contributed by atoms with Crippen molar-refractivity contribution < 1.29 is 4.39 Å². The van der Waals surface area contributed by atoms with Gasteiger partial charge >= 0.3 is 0 Å². The predicted molar refractivity (Wildman–Crippen MR) is 70.1 cm³/mol. The van der Waals surface area contributed by atoms with E-state index in [1.807, 2.05) is 28.8 Å². The first-order valence-corrected chi connectivity index (χ1v) is 6.04. The van der Waals surface area contributed by atoms with Crippen LogP contribution in [0.3, 0.4) is 0 Å². The third-order valence-electron chi connectivity index (χ3n) is 3.08. The number of pyridine rings is 1. The summed E-state index contributed by atoms with van der Waals surface area (Å²) in [6, 6.07) is 10.5. The molecule has 0 aliphatic heterocycles. The molecule has 0 saturated heterocycles. The van der Waals surface area contributed by atoms with Crippen LogP contribution >= 0.6 is 0 Å². The molecule has 0 spiro atoms. The highest BCUT2D eigenvalue weighted by molar-refractivity contribution is 5.40. The molecule has 0 aliphatic carbocycles.